The first kappa shape index (κ1) is 14.5. The summed E-state index contributed by atoms with van der Waals surface area (Å²) in [6.07, 6.45) is 0.875. The predicted octanol–water partition coefficient (Wildman–Crippen LogP) is 2.54. The Morgan fingerprint density at radius 1 is 1.33 bits per heavy atom. The number of carbonyl (C=O) groups excluding carboxylic acids is 1. The van der Waals surface area contributed by atoms with Gasteiger partial charge in [-0.15, -0.1) is 0 Å². The van der Waals surface area contributed by atoms with Crippen molar-refractivity contribution in [3.05, 3.63) is 29.3 Å². The van der Waals surface area contributed by atoms with Crippen LogP contribution < -0.4 is 5.32 Å². The van der Waals surface area contributed by atoms with E-state index in [0.29, 0.717) is 13.1 Å². The molecule has 100 valence electrons. The average Bonchev–Trinajstić information content (AvgIpc) is 2.32. The molecular weight excluding hydrogens is 228 g/mol. The summed E-state index contributed by atoms with van der Waals surface area (Å²) in [5, 5.41) is 11.8. The minimum absolute atomic E-state index is 0.0136. The largest absolute Gasteiger partial charge is 0.395 e. The van der Waals surface area contributed by atoms with Crippen LogP contribution in [0.3, 0.4) is 0 Å². The quantitative estimate of drug-likeness (QED) is 0.843. The van der Waals surface area contributed by atoms with E-state index in [0.717, 1.165) is 17.7 Å². The van der Waals surface area contributed by atoms with Crippen LogP contribution in [0.5, 0.6) is 0 Å². The fourth-order valence-corrected chi connectivity index (χ4v) is 1.85. The predicted molar refractivity (Wildman–Crippen MR) is 73.9 cm³/mol. The van der Waals surface area contributed by atoms with Crippen LogP contribution in [0.4, 0.5) is 10.5 Å². The molecule has 1 rings (SSSR count). The van der Waals surface area contributed by atoms with Crippen molar-refractivity contribution in [2.75, 3.05) is 25.0 Å². The number of hydrogen-bond acceptors (Lipinski definition) is 2. The smallest absolute Gasteiger partial charge is 0.321 e. The lowest BCUT2D eigenvalue weighted by Crippen LogP contribution is -2.37. The molecule has 0 heterocycles. The molecule has 0 unspecified atom stereocenters. The average molecular weight is 250 g/mol. The van der Waals surface area contributed by atoms with Gasteiger partial charge >= 0.3 is 6.03 Å². The number of benzene rings is 1. The first-order valence-corrected chi connectivity index (χ1v) is 6.32. The molecular formula is C14H22N2O2. The number of carbonyl (C=O) groups is 1. The summed E-state index contributed by atoms with van der Waals surface area (Å²) in [6, 6.07) is 5.76. The van der Waals surface area contributed by atoms with Crippen molar-refractivity contribution in [2.45, 2.75) is 27.2 Å². The number of aliphatic hydroxyl groups is 1. The molecule has 0 radical (unpaired) electrons. The van der Waals surface area contributed by atoms with Gasteiger partial charge in [0.25, 0.3) is 0 Å². The fraction of sp³-hybridized carbons (Fsp3) is 0.500. The maximum atomic E-state index is 12.0. The van der Waals surface area contributed by atoms with E-state index in [1.54, 1.807) is 4.90 Å². The van der Waals surface area contributed by atoms with Gasteiger partial charge in [0.2, 0.25) is 0 Å². The molecule has 18 heavy (non-hydrogen) atoms. The number of urea groups is 1. The molecule has 0 saturated carbocycles. The van der Waals surface area contributed by atoms with E-state index in [-0.39, 0.29) is 12.6 Å². The van der Waals surface area contributed by atoms with Gasteiger partial charge in [0.1, 0.15) is 0 Å². The standard InChI is InChI=1S/C14H22N2O2/c1-4-7-16(8-9-17)14(18)15-13-6-5-11(2)10-12(13)3/h5-6,10,17H,4,7-9H2,1-3H3,(H,15,18). The van der Waals surface area contributed by atoms with Gasteiger partial charge < -0.3 is 15.3 Å². The molecule has 0 bridgehead atoms. The zero-order chi connectivity index (χ0) is 13.5. The van der Waals surface area contributed by atoms with Crippen LogP contribution in [-0.4, -0.2) is 35.7 Å². The van der Waals surface area contributed by atoms with E-state index in [2.05, 4.69) is 5.32 Å². The van der Waals surface area contributed by atoms with Gasteiger partial charge in [-0.05, 0) is 31.9 Å². The molecule has 0 saturated heterocycles. The molecule has 2 N–H and O–H groups in total. The normalized spacial score (nSPS) is 10.2. The summed E-state index contributed by atoms with van der Waals surface area (Å²) in [4.78, 5) is 13.7. The second-order valence-corrected chi connectivity index (χ2v) is 4.46. The lowest BCUT2D eigenvalue weighted by atomic mass is 10.1. The molecule has 0 aliphatic rings. The van der Waals surface area contributed by atoms with Gasteiger partial charge in [0.15, 0.2) is 0 Å². The molecule has 0 fully saturated rings. The number of hydrogen-bond donors (Lipinski definition) is 2. The van der Waals surface area contributed by atoms with Crippen LogP contribution in [0, 0.1) is 13.8 Å². The third kappa shape index (κ3) is 4.04. The van der Waals surface area contributed by atoms with Gasteiger partial charge in [-0.2, -0.15) is 0 Å². The first-order valence-electron chi connectivity index (χ1n) is 6.32. The molecule has 1 aromatic carbocycles. The fourth-order valence-electron chi connectivity index (χ4n) is 1.85. The zero-order valence-electron chi connectivity index (χ0n) is 11.4. The van der Waals surface area contributed by atoms with Crippen molar-refractivity contribution in [1.82, 2.24) is 4.90 Å². The number of rotatable bonds is 5. The number of aryl methyl sites for hydroxylation is 2. The molecule has 0 aliphatic heterocycles. The molecule has 2 amide bonds. The summed E-state index contributed by atoms with van der Waals surface area (Å²) < 4.78 is 0. The molecule has 1 aromatic rings. The van der Waals surface area contributed by atoms with Crippen molar-refractivity contribution in [3.63, 3.8) is 0 Å². The Balaban J connectivity index is 2.72. The Morgan fingerprint density at radius 2 is 2.06 bits per heavy atom. The van der Waals surface area contributed by atoms with E-state index in [4.69, 9.17) is 5.11 Å². The van der Waals surface area contributed by atoms with E-state index in [1.165, 1.54) is 5.56 Å². The molecule has 4 nitrogen and oxygen atoms in total. The Morgan fingerprint density at radius 3 is 2.61 bits per heavy atom. The lowest BCUT2D eigenvalue weighted by molar-refractivity contribution is 0.188. The van der Waals surface area contributed by atoms with Crippen molar-refractivity contribution >= 4 is 11.7 Å². The van der Waals surface area contributed by atoms with Crippen LogP contribution in [0.25, 0.3) is 0 Å². The van der Waals surface area contributed by atoms with Crippen LogP contribution in [0.2, 0.25) is 0 Å². The molecule has 4 heteroatoms. The maximum absolute atomic E-state index is 12.0. The van der Waals surface area contributed by atoms with Crippen molar-refractivity contribution in [2.24, 2.45) is 0 Å². The molecule has 0 atom stereocenters. The maximum Gasteiger partial charge on any atom is 0.321 e. The molecule has 0 aliphatic carbocycles. The highest BCUT2D eigenvalue weighted by atomic mass is 16.3. The van der Waals surface area contributed by atoms with E-state index in [9.17, 15) is 4.79 Å². The minimum atomic E-state index is -0.155. The van der Waals surface area contributed by atoms with E-state index < -0.39 is 0 Å². The van der Waals surface area contributed by atoms with Crippen LogP contribution >= 0.6 is 0 Å². The summed E-state index contributed by atoms with van der Waals surface area (Å²) in [5.41, 5.74) is 3.04. The van der Waals surface area contributed by atoms with Gasteiger partial charge in [0.05, 0.1) is 6.61 Å². The van der Waals surface area contributed by atoms with Crippen LogP contribution in [-0.2, 0) is 0 Å². The highest BCUT2D eigenvalue weighted by Gasteiger charge is 2.12. The number of amides is 2. The second-order valence-electron chi connectivity index (χ2n) is 4.46. The van der Waals surface area contributed by atoms with Crippen molar-refractivity contribution in [3.8, 4) is 0 Å². The van der Waals surface area contributed by atoms with Crippen molar-refractivity contribution < 1.29 is 9.90 Å². The first-order chi connectivity index (χ1) is 8.58. The van der Waals surface area contributed by atoms with Gasteiger partial charge in [-0.1, -0.05) is 24.6 Å². The number of anilines is 1. The van der Waals surface area contributed by atoms with E-state index >= 15 is 0 Å². The molecule has 0 aromatic heterocycles. The number of nitrogens with zero attached hydrogens (tertiary/aromatic N) is 1. The second kappa shape index (κ2) is 7.01. The lowest BCUT2D eigenvalue weighted by Gasteiger charge is -2.22. The Bertz CT molecular complexity index is 399. The van der Waals surface area contributed by atoms with Crippen LogP contribution in [0.1, 0.15) is 24.5 Å². The van der Waals surface area contributed by atoms with Gasteiger partial charge in [-0.3, -0.25) is 0 Å². The summed E-state index contributed by atoms with van der Waals surface area (Å²) >= 11 is 0. The summed E-state index contributed by atoms with van der Waals surface area (Å²) in [6.45, 7) is 7.00. The topological polar surface area (TPSA) is 52.6 Å². The summed E-state index contributed by atoms with van der Waals surface area (Å²) in [7, 11) is 0. The summed E-state index contributed by atoms with van der Waals surface area (Å²) in [5.74, 6) is 0. The third-order valence-corrected chi connectivity index (χ3v) is 2.77. The van der Waals surface area contributed by atoms with E-state index in [1.807, 2.05) is 39.0 Å². The monoisotopic (exact) mass is 250 g/mol. The molecule has 0 spiro atoms. The Labute approximate surface area is 109 Å². The Hall–Kier alpha value is -1.55. The van der Waals surface area contributed by atoms with Gasteiger partial charge in [0, 0.05) is 18.8 Å². The number of aliphatic hydroxyl groups excluding tert-OH is 1. The minimum Gasteiger partial charge on any atom is -0.395 e. The van der Waals surface area contributed by atoms with Crippen LogP contribution in [0.15, 0.2) is 18.2 Å². The third-order valence-electron chi connectivity index (χ3n) is 2.77. The SMILES string of the molecule is CCCN(CCO)C(=O)Nc1ccc(C)cc1C. The highest BCUT2D eigenvalue weighted by molar-refractivity contribution is 5.90. The Kier molecular flexibility index (Phi) is 5.65. The van der Waals surface area contributed by atoms with Gasteiger partial charge in [-0.25, -0.2) is 4.79 Å². The van der Waals surface area contributed by atoms with Crippen molar-refractivity contribution in [1.29, 1.82) is 0 Å². The number of nitrogens with one attached hydrogen (secondary N) is 1. The zero-order valence-corrected chi connectivity index (χ0v) is 11.4. The highest BCUT2D eigenvalue weighted by Crippen LogP contribution is 2.16.